The lowest BCUT2D eigenvalue weighted by molar-refractivity contribution is 0.122. The quantitative estimate of drug-likeness (QED) is 0.705. The Morgan fingerprint density at radius 1 is 1.27 bits per heavy atom. The number of rotatable bonds is 1. The van der Waals surface area contributed by atoms with Crippen molar-refractivity contribution in [1.29, 1.82) is 0 Å². The first-order chi connectivity index (χ1) is 7.36. The Morgan fingerprint density at radius 3 is 2.53 bits per heavy atom. The zero-order chi connectivity index (χ0) is 11.1. The van der Waals surface area contributed by atoms with Crippen LogP contribution in [0.1, 0.15) is 19.5 Å². The van der Waals surface area contributed by atoms with Gasteiger partial charge in [0.1, 0.15) is 0 Å². The number of ether oxygens (including phenoxy) is 1. The van der Waals surface area contributed by atoms with Crippen molar-refractivity contribution < 1.29 is 4.74 Å². The van der Waals surface area contributed by atoms with Gasteiger partial charge < -0.3 is 9.64 Å². The maximum Gasteiger partial charge on any atom is 0.0730 e. The number of morpholine rings is 1. The SMILES string of the molecule is CC.Cc1cc(N2CCOCC2)cnn1. The summed E-state index contributed by atoms with van der Waals surface area (Å²) in [4.78, 5) is 2.27. The third kappa shape index (κ3) is 3.47. The minimum absolute atomic E-state index is 0.807. The summed E-state index contributed by atoms with van der Waals surface area (Å²) in [6.45, 7) is 9.47. The van der Waals surface area contributed by atoms with Crippen LogP contribution in [0.5, 0.6) is 0 Å². The van der Waals surface area contributed by atoms with Gasteiger partial charge in [0.15, 0.2) is 0 Å². The summed E-state index contributed by atoms with van der Waals surface area (Å²) in [6.07, 6.45) is 1.80. The van der Waals surface area contributed by atoms with E-state index in [-0.39, 0.29) is 0 Å². The fourth-order valence-electron chi connectivity index (χ4n) is 1.45. The summed E-state index contributed by atoms with van der Waals surface area (Å²) in [5.41, 5.74) is 2.11. The Balaban J connectivity index is 0.000000531. The van der Waals surface area contributed by atoms with E-state index in [0.29, 0.717) is 0 Å². The van der Waals surface area contributed by atoms with Crippen LogP contribution >= 0.6 is 0 Å². The van der Waals surface area contributed by atoms with Crippen LogP contribution in [0.4, 0.5) is 5.69 Å². The molecule has 0 bridgehead atoms. The molecule has 0 atom stereocenters. The molecule has 2 rings (SSSR count). The monoisotopic (exact) mass is 209 g/mol. The molecule has 1 aromatic heterocycles. The molecule has 4 heteroatoms. The Morgan fingerprint density at radius 2 is 1.93 bits per heavy atom. The number of aromatic nitrogens is 2. The van der Waals surface area contributed by atoms with E-state index < -0.39 is 0 Å². The smallest absolute Gasteiger partial charge is 0.0730 e. The van der Waals surface area contributed by atoms with Crippen molar-refractivity contribution in [2.24, 2.45) is 0 Å². The highest BCUT2D eigenvalue weighted by Crippen LogP contribution is 2.13. The molecule has 4 nitrogen and oxygen atoms in total. The van der Waals surface area contributed by atoms with Gasteiger partial charge in [0.2, 0.25) is 0 Å². The van der Waals surface area contributed by atoms with Gasteiger partial charge >= 0.3 is 0 Å². The zero-order valence-corrected chi connectivity index (χ0v) is 9.73. The largest absolute Gasteiger partial charge is 0.378 e. The minimum atomic E-state index is 0.807. The molecule has 0 aromatic carbocycles. The number of nitrogens with zero attached hydrogens (tertiary/aromatic N) is 3. The summed E-state index contributed by atoms with van der Waals surface area (Å²) in [5, 5.41) is 7.85. The normalized spacial score (nSPS) is 15.5. The topological polar surface area (TPSA) is 38.2 Å². The van der Waals surface area contributed by atoms with Gasteiger partial charge in [-0.05, 0) is 13.0 Å². The second-order valence-corrected chi connectivity index (χ2v) is 3.15. The van der Waals surface area contributed by atoms with E-state index in [9.17, 15) is 0 Å². The molecule has 1 aromatic rings. The van der Waals surface area contributed by atoms with Gasteiger partial charge in [-0.2, -0.15) is 10.2 Å². The molecule has 0 spiro atoms. The maximum atomic E-state index is 5.27. The predicted molar refractivity (Wildman–Crippen MR) is 61.1 cm³/mol. The van der Waals surface area contributed by atoms with Gasteiger partial charge in [-0.3, -0.25) is 0 Å². The van der Waals surface area contributed by atoms with E-state index in [2.05, 4.69) is 21.2 Å². The van der Waals surface area contributed by atoms with Gasteiger partial charge in [0.25, 0.3) is 0 Å². The van der Waals surface area contributed by atoms with E-state index in [1.807, 2.05) is 20.8 Å². The highest BCUT2D eigenvalue weighted by atomic mass is 16.5. The summed E-state index contributed by atoms with van der Waals surface area (Å²) in [6, 6.07) is 2.05. The fraction of sp³-hybridized carbons (Fsp3) is 0.636. The second-order valence-electron chi connectivity index (χ2n) is 3.15. The van der Waals surface area contributed by atoms with Crippen LogP contribution in [0.15, 0.2) is 12.3 Å². The molecular formula is C11H19N3O. The number of anilines is 1. The van der Waals surface area contributed by atoms with Crippen molar-refractivity contribution in [2.45, 2.75) is 20.8 Å². The average Bonchev–Trinajstić information content (AvgIpc) is 2.33. The molecule has 1 aliphatic rings. The van der Waals surface area contributed by atoms with Crippen molar-refractivity contribution in [1.82, 2.24) is 10.2 Å². The molecule has 0 N–H and O–H groups in total. The van der Waals surface area contributed by atoms with Crippen molar-refractivity contribution in [3.8, 4) is 0 Å². The van der Waals surface area contributed by atoms with Crippen LogP contribution in [-0.4, -0.2) is 36.5 Å². The van der Waals surface area contributed by atoms with Crippen LogP contribution in [0.25, 0.3) is 0 Å². The van der Waals surface area contributed by atoms with Crippen LogP contribution in [0.2, 0.25) is 0 Å². The van der Waals surface area contributed by atoms with Crippen LogP contribution < -0.4 is 4.90 Å². The van der Waals surface area contributed by atoms with E-state index in [1.165, 1.54) is 0 Å². The Bertz CT molecular complexity index is 285. The highest BCUT2D eigenvalue weighted by molar-refractivity contribution is 5.44. The van der Waals surface area contributed by atoms with Crippen LogP contribution in [-0.2, 0) is 4.74 Å². The number of hydrogen-bond acceptors (Lipinski definition) is 4. The van der Waals surface area contributed by atoms with E-state index in [4.69, 9.17) is 4.74 Å². The molecule has 0 amide bonds. The number of aryl methyl sites for hydroxylation is 1. The Kier molecular flexibility index (Phi) is 5.04. The molecule has 0 aliphatic carbocycles. The maximum absolute atomic E-state index is 5.27. The van der Waals surface area contributed by atoms with Gasteiger partial charge in [-0.1, -0.05) is 13.8 Å². The third-order valence-electron chi connectivity index (χ3n) is 2.14. The Hall–Kier alpha value is -1.16. The molecule has 0 unspecified atom stereocenters. The van der Waals surface area contributed by atoms with Gasteiger partial charge in [0.05, 0.1) is 30.8 Å². The first-order valence-corrected chi connectivity index (χ1v) is 5.48. The van der Waals surface area contributed by atoms with Crippen molar-refractivity contribution >= 4 is 5.69 Å². The third-order valence-corrected chi connectivity index (χ3v) is 2.14. The van der Waals surface area contributed by atoms with E-state index >= 15 is 0 Å². The molecule has 1 saturated heterocycles. The van der Waals surface area contributed by atoms with Crippen molar-refractivity contribution in [3.63, 3.8) is 0 Å². The average molecular weight is 209 g/mol. The molecular weight excluding hydrogens is 190 g/mol. The van der Waals surface area contributed by atoms with E-state index in [1.54, 1.807) is 6.20 Å². The molecule has 0 saturated carbocycles. The summed E-state index contributed by atoms with van der Waals surface area (Å²) in [7, 11) is 0. The highest BCUT2D eigenvalue weighted by Gasteiger charge is 2.11. The zero-order valence-electron chi connectivity index (χ0n) is 9.73. The molecule has 2 heterocycles. The lowest BCUT2D eigenvalue weighted by atomic mass is 10.3. The summed E-state index contributed by atoms with van der Waals surface area (Å²) in [5.74, 6) is 0. The van der Waals surface area contributed by atoms with Crippen LogP contribution in [0, 0.1) is 6.92 Å². The first kappa shape index (κ1) is 11.9. The summed E-state index contributed by atoms with van der Waals surface area (Å²) >= 11 is 0. The van der Waals surface area contributed by atoms with Crippen molar-refractivity contribution in [3.05, 3.63) is 18.0 Å². The molecule has 0 radical (unpaired) electrons. The molecule has 1 fully saturated rings. The molecule has 1 aliphatic heterocycles. The number of hydrogen-bond donors (Lipinski definition) is 0. The molecule has 84 valence electrons. The van der Waals surface area contributed by atoms with E-state index in [0.717, 1.165) is 37.7 Å². The van der Waals surface area contributed by atoms with Gasteiger partial charge in [-0.15, -0.1) is 0 Å². The minimum Gasteiger partial charge on any atom is -0.378 e. The lowest BCUT2D eigenvalue weighted by Crippen LogP contribution is -2.36. The van der Waals surface area contributed by atoms with Gasteiger partial charge in [0, 0.05) is 13.1 Å². The predicted octanol–water partition coefficient (Wildman–Crippen LogP) is 1.65. The fourth-order valence-corrected chi connectivity index (χ4v) is 1.45. The van der Waals surface area contributed by atoms with Crippen molar-refractivity contribution in [2.75, 3.05) is 31.2 Å². The standard InChI is InChI=1S/C9H13N3O.C2H6/c1-8-6-9(7-10-11-8)12-2-4-13-5-3-12;1-2/h6-7H,2-5H2,1H3;1-2H3. The Labute approximate surface area is 91.3 Å². The summed E-state index contributed by atoms with van der Waals surface area (Å²) < 4.78 is 5.27. The van der Waals surface area contributed by atoms with Crippen LogP contribution in [0.3, 0.4) is 0 Å². The lowest BCUT2D eigenvalue weighted by Gasteiger charge is -2.28. The first-order valence-electron chi connectivity index (χ1n) is 5.48. The van der Waals surface area contributed by atoms with Gasteiger partial charge in [-0.25, -0.2) is 0 Å². The second kappa shape index (κ2) is 6.35. The molecule has 15 heavy (non-hydrogen) atoms.